The first kappa shape index (κ1) is 10.9. The van der Waals surface area contributed by atoms with Gasteiger partial charge in [-0.25, -0.2) is 8.42 Å². The number of aliphatic hydroxyl groups is 1. The molecular weight excluding hydrogens is 194 g/mol. The Hall–Kier alpha value is -0.170. The summed E-state index contributed by atoms with van der Waals surface area (Å²) in [6.07, 6.45) is -0.776. The van der Waals surface area contributed by atoms with Crippen molar-refractivity contribution in [2.45, 2.75) is 12.1 Å². The summed E-state index contributed by atoms with van der Waals surface area (Å²) in [7, 11) is -1.46. The fourth-order valence-corrected chi connectivity index (χ4v) is 3.15. The van der Waals surface area contributed by atoms with Crippen molar-refractivity contribution in [3.63, 3.8) is 0 Å². The van der Waals surface area contributed by atoms with Gasteiger partial charge in [0.05, 0.1) is 24.2 Å². The van der Waals surface area contributed by atoms with Crippen LogP contribution in [0.1, 0.15) is 0 Å². The maximum Gasteiger partial charge on any atom is 0.154 e. The van der Waals surface area contributed by atoms with Gasteiger partial charge in [0.15, 0.2) is 9.84 Å². The van der Waals surface area contributed by atoms with E-state index < -0.39 is 15.9 Å². The van der Waals surface area contributed by atoms with Gasteiger partial charge in [0.2, 0.25) is 0 Å². The van der Waals surface area contributed by atoms with Crippen LogP contribution in [-0.4, -0.2) is 57.4 Å². The van der Waals surface area contributed by atoms with Crippen molar-refractivity contribution in [1.82, 2.24) is 5.32 Å². The highest BCUT2D eigenvalue weighted by Crippen LogP contribution is 2.11. The maximum absolute atomic E-state index is 11.1. The Morgan fingerprint density at radius 2 is 2.23 bits per heavy atom. The number of aliphatic hydroxyl groups excluding tert-OH is 1. The number of sulfone groups is 1. The van der Waals surface area contributed by atoms with Gasteiger partial charge in [-0.2, -0.15) is 0 Å². The molecule has 0 aromatic rings. The molecule has 0 aromatic heterocycles. The van der Waals surface area contributed by atoms with E-state index in [4.69, 9.17) is 4.74 Å². The van der Waals surface area contributed by atoms with Crippen LogP contribution in [0.2, 0.25) is 0 Å². The van der Waals surface area contributed by atoms with Crippen molar-refractivity contribution in [3.05, 3.63) is 0 Å². The van der Waals surface area contributed by atoms with E-state index in [1.165, 1.54) is 0 Å². The molecule has 2 atom stereocenters. The molecule has 1 fully saturated rings. The number of methoxy groups -OCH3 is 1. The minimum absolute atomic E-state index is 0.0257. The largest absolute Gasteiger partial charge is 0.390 e. The Morgan fingerprint density at radius 3 is 2.69 bits per heavy atom. The molecule has 0 radical (unpaired) electrons. The molecule has 1 heterocycles. The molecule has 0 aromatic carbocycles. The summed E-state index contributed by atoms with van der Waals surface area (Å²) < 4.78 is 26.9. The summed E-state index contributed by atoms with van der Waals surface area (Å²) >= 11 is 0. The van der Waals surface area contributed by atoms with E-state index in [0.29, 0.717) is 13.2 Å². The van der Waals surface area contributed by atoms with E-state index >= 15 is 0 Å². The van der Waals surface area contributed by atoms with E-state index in [9.17, 15) is 13.5 Å². The Labute approximate surface area is 78.0 Å². The van der Waals surface area contributed by atoms with Gasteiger partial charge in [-0.3, -0.25) is 0 Å². The van der Waals surface area contributed by atoms with Crippen molar-refractivity contribution < 1.29 is 18.3 Å². The van der Waals surface area contributed by atoms with E-state index in [1.807, 2.05) is 0 Å². The Balaban J connectivity index is 2.36. The lowest BCUT2D eigenvalue weighted by atomic mass is 10.2. The second-order valence-corrected chi connectivity index (χ2v) is 5.35. The van der Waals surface area contributed by atoms with Gasteiger partial charge in [-0.15, -0.1) is 0 Å². The van der Waals surface area contributed by atoms with Crippen LogP contribution in [0.3, 0.4) is 0 Å². The minimum Gasteiger partial charge on any atom is -0.390 e. The van der Waals surface area contributed by atoms with Crippen LogP contribution in [0, 0.1) is 0 Å². The Bertz CT molecular complexity index is 251. The molecule has 0 bridgehead atoms. The molecule has 1 aliphatic heterocycles. The number of hydrogen-bond donors (Lipinski definition) is 2. The molecule has 6 heteroatoms. The summed E-state index contributed by atoms with van der Waals surface area (Å²) in [5.41, 5.74) is 0. The quantitative estimate of drug-likeness (QED) is 0.544. The molecule has 0 amide bonds. The summed E-state index contributed by atoms with van der Waals surface area (Å²) in [6.45, 7) is 1.08. The lowest BCUT2D eigenvalue weighted by molar-refractivity contribution is 0.151. The third kappa shape index (κ3) is 3.22. The van der Waals surface area contributed by atoms with Crippen molar-refractivity contribution in [3.8, 4) is 0 Å². The molecule has 1 rings (SSSR count). The third-order valence-electron chi connectivity index (χ3n) is 2.04. The Morgan fingerprint density at radius 1 is 1.54 bits per heavy atom. The molecular formula is C7H15NO4S. The van der Waals surface area contributed by atoms with Gasteiger partial charge in [0.25, 0.3) is 0 Å². The molecule has 78 valence electrons. The molecule has 5 nitrogen and oxygen atoms in total. The van der Waals surface area contributed by atoms with E-state index in [2.05, 4.69) is 5.32 Å². The van der Waals surface area contributed by atoms with Gasteiger partial charge in [0.1, 0.15) is 0 Å². The normalized spacial score (nSPS) is 32.2. The van der Waals surface area contributed by atoms with Crippen LogP contribution in [0.4, 0.5) is 0 Å². The number of rotatable bonds is 4. The zero-order chi connectivity index (χ0) is 9.90. The van der Waals surface area contributed by atoms with E-state index in [0.717, 1.165) is 0 Å². The first-order valence-electron chi connectivity index (χ1n) is 4.16. The molecule has 2 N–H and O–H groups in total. The molecule has 0 saturated carbocycles. The standard InChI is InChI=1S/C7H15NO4S/c1-12-3-2-8-6-4-13(10,11)5-7(6)9/h6-9H,2-5H2,1H3. The van der Waals surface area contributed by atoms with Gasteiger partial charge < -0.3 is 15.2 Å². The molecule has 2 unspecified atom stereocenters. The first-order chi connectivity index (χ1) is 6.05. The van der Waals surface area contributed by atoms with Crippen LogP contribution in [-0.2, 0) is 14.6 Å². The van der Waals surface area contributed by atoms with Crippen LogP contribution < -0.4 is 5.32 Å². The Kier molecular flexibility index (Phi) is 3.66. The number of ether oxygens (including phenoxy) is 1. The highest BCUT2D eigenvalue weighted by molar-refractivity contribution is 7.91. The van der Waals surface area contributed by atoms with Gasteiger partial charge in [0, 0.05) is 19.7 Å². The SMILES string of the molecule is COCCNC1CS(=O)(=O)CC1O. The maximum atomic E-state index is 11.1. The molecule has 1 aliphatic rings. The summed E-state index contributed by atoms with van der Waals surface area (Å²) in [5, 5.41) is 12.3. The number of nitrogens with one attached hydrogen (secondary N) is 1. The van der Waals surface area contributed by atoms with Crippen LogP contribution in [0.15, 0.2) is 0 Å². The fraction of sp³-hybridized carbons (Fsp3) is 1.00. The van der Waals surface area contributed by atoms with E-state index in [-0.39, 0.29) is 17.5 Å². The zero-order valence-electron chi connectivity index (χ0n) is 7.56. The monoisotopic (exact) mass is 209 g/mol. The summed E-state index contributed by atoms with van der Waals surface area (Å²) in [5.74, 6) is -0.102. The highest BCUT2D eigenvalue weighted by atomic mass is 32.2. The van der Waals surface area contributed by atoms with Crippen molar-refractivity contribution in [2.75, 3.05) is 31.8 Å². The lowest BCUT2D eigenvalue weighted by Gasteiger charge is -2.13. The third-order valence-corrected chi connectivity index (χ3v) is 3.75. The predicted octanol–water partition coefficient (Wildman–Crippen LogP) is -1.62. The van der Waals surface area contributed by atoms with Crippen LogP contribution in [0.25, 0.3) is 0 Å². The second-order valence-electron chi connectivity index (χ2n) is 3.20. The smallest absolute Gasteiger partial charge is 0.154 e. The minimum atomic E-state index is -3.04. The highest BCUT2D eigenvalue weighted by Gasteiger charge is 2.35. The van der Waals surface area contributed by atoms with Gasteiger partial charge >= 0.3 is 0 Å². The molecule has 13 heavy (non-hydrogen) atoms. The van der Waals surface area contributed by atoms with Gasteiger partial charge in [-0.05, 0) is 0 Å². The van der Waals surface area contributed by atoms with Crippen LogP contribution >= 0.6 is 0 Å². The van der Waals surface area contributed by atoms with Crippen molar-refractivity contribution in [1.29, 1.82) is 0 Å². The second kappa shape index (κ2) is 4.36. The topological polar surface area (TPSA) is 75.6 Å². The predicted molar refractivity (Wildman–Crippen MR) is 48.3 cm³/mol. The van der Waals surface area contributed by atoms with Crippen LogP contribution in [0.5, 0.6) is 0 Å². The van der Waals surface area contributed by atoms with Gasteiger partial charge in [-0.1, -0.05) is 0 Å². The number of hydrogen-bond acceptors (Lipinski definition) is 5. The lowest BCUT2D eigenvalue weighted by Crippen LogP contribution is -2.40. The molecule has 0 aliphatic carbocycles. The molecule has 1 saturated heterocycles. The van der Waals surface area contributed by atoms with Crippen molar-refractivity contribution >= 4 is 9.84 Å². The average Bonchev–Trinajstić information content (AvgIpc) is 2.25. The summed E-state index contributed by atoms with van der Waals surface area (Å²) in [6, 6.07) is -0.333. The summed E-state index contributed by atoms with van der Waals surface area (Å²) in [4.78, 5) is 0. The fourth-order valence-electron chi connectivity index (χ4n) is 1.37. The molecule has 0 spiro atoms. The average molecular weight is 209 g/mol. The van der Waals surface area contributed by atoms with Crippen molar-refractivity contribution in [2.24, 2.45) is 0 Å². The zero-order valence-corrected chi connectivity index (χ0v) is 8.38. The van der Waals surface area contributed by atoms with E-state index in [1.54, 1.807) is 7.11 Å². The first-order valence-corrected chi connectivity index (χ1v) is 5.98.